The Hall–Kier alpha value is -1.58. The van der Waals surface area contributed by atoms with Gasteiger partial charge in [-0.25, -0.2) is 9.78 Å². The summed E-state index contributed by atoms with van der Waals surface area (Å²) in [7, 11) is 3.30. The zero-order valence-corrected chi connectivity index (χ0v) is 9.36. The van der Waals surface area contributed by atoms with Crippen molar-refractivity contribution in [1.82, 2.24) is 4.98 Å². The molecule has 1 aromatic heterocycles. The van der Waals surface area contributed by atoms with Gasteiger partial charge >= 0.3 is 5.97 Å². The lowest BCUT2D eigenvalue weighted by Crippen LogP contribution is -2.20. The van der Waals surface area contributed by atoms with Gasteiger partial charge in [-0.1, -0.05) is 13.0 Å². The molecule has 0 aliphatic carbocycles. The van der Waals surface area contributed by atoms with Gasteiger partial charge in [0.1, 0.15) is 5.82 Å². The second-order valence-electron chi connectivity index (χ2n) is 3.29. The quantitative estimate of drug-likeness (QED) is 0.706. The predicted octanol–water partition coefficient (Wildman–Crippen LogP) is 1.71. The Morgan fingerprint density at radius 2 is 2.27 bits per heavy atom. The Balaban J connectivity index is 2.87. The molecule has 0 unspecified atom stereocenters. The fraction of sp³-hybridized carbons (Fsp3) is 0.455. The van der Waals surface area contributed by atoms with Crippen LogP contribution < -0.4 is 4.90 Å². The number of anilines is 1. The lowest BCUT2D eigenvalue weighted by molar-refractivity contribution is 0.0594. The summed E-state index contributed by atoms with van der Waals surface area (Å²) in [5.41, 5.74) is 0.345. The highest BCUT2D eigenvalue weighted by Gasteiger charge is 2.08. The summed E-state index contributed by atoms with van der Waals surface area (Å²) < 4.78 is 4.61. The minimum atomic E-state index is -0.401. The lowest BCUT2D eigenvalue weighted by atomic mass is 10.3. The number of aromatic nitrogens is 1. The average molecular weight is 208 g/mol. The smallest absolute Gasteiger partial charge is 0.356 e. The average Bonchev–Trinajstić information content (AvgIpc) is 2.28. The fourth-order valence-electron chi connectivity index (χ4n) is 1.30. The Labute approximate surface area is 89.9 Å². The number of carbonyl (C=O) groups excluding carboxylic acids is 1. The van der Waals surface area contributed by atoms with Gasteiger partial charge < -0.3 is 9.64 Å². The molecule has 0 radical (unpaired) electrons. The second-order valence-corrected chi connectivity index (χ2v) is 3.29. The number of nitrogens with zero attached hydrogens (tertiary/aromatic N) is 2. The van der Waals surface area contributed by atoms with Crippen molar-refractivity contribution in [3.63, 3.8) is 0 Å². The van der Waals surface area contributed by atoms with Crippen molar-refractivity contribution in [3.8, 4) is 0 Å². The molecule has 0 saturated carbocycles. The SMILES string of the molecule is CCCN(C)c1cccc(C(=O)OC)n1. The molecule has 0 aliphatic heterocycles. The first-order valence-corrected chi connectivity index (χ1v) is 4.95. The standard InChI is InChI=1S/C11H16N2O2/c1-4-8-13(2)10-7-5-6-9(12-10)11(14)15-3/h5-7H,4,8H2,1-3H3. The van der Waals surface area contributed by atoms with Crippen LogP contribution in [0.5, 0.6) is 0 Å². The molecule has 0 N–H and O–H groups in total. The summed E-state index contributed by atoms with van der Waals surface area (Å²) in [6.45, 7) is 3.01. The van der Waals surface area contributed by atoms with Crippen molar-refractivity contribution in [1.29, 1.82) is 0 Å². The number of carbonyl (C=O) groups is 1. The lowest BCUT2D eigenvalue weighted by Gasteiger charge is -2.17. The Morgan fingerprint density at radius 3 is 2.87 bits per heavy atom. The van der Waals surface area contributed by atoms with Crippen molar-refractivity contribution in [2.45, 2.75) is 13.3 Å². The van der Waals surface area contributed by atoms with Crippen LogP contribution in [-0.2, 0) is 4.74 Å². The van der Waals surface area contributed by atoms with E-state index in [2.05, 4.69) is 16.6 Å². The molecule has 0 spiro atoms. The second kappa shape index (κ2) is 5.34. The van der Waals surface area contributed by atoms with E-state index in [1.165, 1.54) is 7.11 Å². The van der Waals surface area contributed by atoms with Crippen molar-refractivity contribution in [3.05, 3.63) is 23.9 Å². The van der Waals surface area contributed by atoms with Gasteiger partial charge in [-0.15, -0.1) is 0 Å². The minimum Gasteiger partial charge on any atom is -0.464 e. The van der Waals surface area contributed by atoms with Gasteiger partial charge in [0.2, 0.25) is 0 Å². The highest BCUT2D eigenvalue weighted by Crippen LogP contribution is 2.10. The van der Waals surface area contributed by atoms with E-state index in [4.69, 9.17) is 0 Å². The van der Waals surface area contributed by atoms with E-state index in [-0.39, 0.29) is 0 Å². The van der Waals surface area contributed by atoms with Gasteiger partial charge in [0, 0.05) is 13.6 Å². The van der Waals surface area contributed by atoms with E-state index in [0.29, 0.717) is 5.69 Å². The first kappa shape index (κ1) is 11.5. The maximum atomic E-state index is 11.2. The maximum absolute atomic E-state index is 11.2. The Morgan fingerprint density at radius 1 is 1.53 bits per heavy atom. The third-order valence-electron chi connectivity index (χ3n) is 2.08. The highest BCUT2D eigenvalue weighted by molar-refractivity contribution is 5.87. The molecule has 0 saturated heterocycles. The molecule has 1 rings (SSSR count). The molecule has 0 bridgehead atoms. The third-order valence-corrected chi connectivity index (χ3v) is 2.08. The van der Waals surface area contributed by atoms with E-state index in [1.54, 1.807) is 12.1 Å². The van der Waals surface area contributed by atoms with Crippen LogP contribution in [0.1, 0.15) is 23.8 Å². The summed E-state index contributed by atoms with van der Waals surface area (Å²) in [6, 6.07) is 5.33. The number of ether oxygens (including phenoxy) is 1. The molecular formula is C11H16N2O2. The van der Waals surface area contributed by atoms with Crippen molar-refractivity contribution >= 4 is 11.8 Å². The maximum Gasteiger partial charge on any atom is 0.356 e. The molecule has 15 heavy (non-hydrogen) atoms. The van der Waals surface area contributed by atoms with E-state index in [9.17, 15) is 4.79 Å². The first-order valence-electron chi connectivity index (χ1n) is 4.95. The van der Waals surface area contributed by atoms with Crippen LogP contribution in [0, 0.1) is 0 Å². The largest absolute Gasteiger partial charge is 0.464 e. The third kappa shape index (κ3) is 2.94. The molecule has 4 heteroatoms. The Bertz CT molecular complexity index is 339. The van der Waals surface area contributed by atoms with E-state index in [1.807, 2.05) is 18.0 Å². The van der Waals surface area contributed by atoms with Crippen molar-refractivity contribution in [2.24, 2.45) is 0 Å². The van der Waals surface area contributed by atoms with Crippen LogP contribution in [0.2, 0.25) is 0 Å². The molecular weight excluding hydrogens is 192 g/mol. The number of rotatable bonds is 4. The summed E-state index contributed by atoms with van der Waals surface area (Å²) in [4.78, 5) is 17.5. The zero-order valence-electron chi connectivity index (χ0n) is 9.36. The topological polar surface area (TPSA) is 42.4 Å². The fourth-order valence-corrected chi connectivity index (χ4v) is 1.30. The van der Waals surface area contributed by atoms with Gasteiger partial charge in [0.05, 0.1) is 7.11 Å². The van der Waals surface area contributed by atoms with Gasteiger partial charge in [0.15, 0.2) is 5.69 Å². The number of methoxy groups -OCH3 is 1. The summed E-state index contributed by atoms with van der Waals surface area (Å²) in [5.74, 6) is 0.390. The van der Waals surface area contributed by atoms with Crippen LogP contribution in [0.4, 0.5) is 5.82 Å². The van der Waals surface area contributed by atoms with Crippen LogP contribution in [-0.4, -0.2) is 31.7 Å². The van der Waals surface area contributed by atoms with Gasteiger partial charge in [-0.05, 0) is 18.6 Å². The summed E-state index contributed by atoms with van der Waals surface area (Å²) >= 11 is 0. The Kier molecular flexibility index (Phi) is 4.09. The molecule has 1 heterocycles. The summed E-state index contributed by atoms with van der Waals surface area (Å²) in [6.07, 6.45) is 1.04. The molecule has 0 amide bonds. The molecule has 0 aliphatic rings. The number of hydrogen-bond acceptors (Lipinski definition) is 4. The molecule has 0 fully saturated rings. The van der Waals surface area contributed by atoms with Crippen LogP contribution >= 0.6 is 0 Å². The van der Waals surface area contributed by atoms with E-state index < -0.39 is 5.97 Å². The summed E-state index contributed by atoms with van der Waals surface area (Å²) in [5, 5.41) is 0. The van der Waals surface area contributed by atoms with Gasteiger partial charge in [-0.2, -0.15) is 0 Å². The first-order chi connectivity index (χ1) is 7.19. The molecule has 0 aromatic carbocycles. The predicted molar refractivity (Wildman–Crippen MR) is 59.1 cm³/mol. The van der Waals surface area contributed by atoms with E-state index in [0.717, 1.165) is 18.8 Å². The molecule has 4 nitrogen and oxygen atoms in total. The highest BCUT2D eigenvalue weighted by atomic mass is 16.5. The van der Waals surface area contributed by atoms with Crippen LogP contribution in [0.15, 0.2) is 18.2 Å². The van der Waals surface area contributed by atoms with Crippen LogP contribution in [0.3, 0.4) is 0 Å². The van der Waals surface area contributed by atoms with Crippen LogP contribution in [0.25, 0.3) is 0 Å². The van der Waals surface area contributed by atoms with Crippen molar-refractivity contribution in [2.75, 3.05) is 25.6 Å². The number of esters is 1. The molecule has 82 valence electrons. The normalized spacial score (nSPS) is 9.80. The van der Waals surface area contributed by atoms with Crippen molar-refractivity contribution < 1.29 is 9.53 Å². The zero-order chi connectivity index (χ0) is 11.3. The monoisotopic (exact) mass is 208 g/mol. The molecule has 1 aromatic rings. The van der Waals surface area contributed by atoms with E-state index >= 15 is 0 Å². The number of hydrogen-bond donors (Lipinski definition) is 0. The van der Waals surface area contributed by atoms with Gasteiger partial charge in [-0.3, -0.25) is 0 Å². The minimum absolute atomic E-state index is 0.345. The molecule has 0 atom stereocenters. The van der Waals surface area contributed by atoms with Gasteiger partial charge in [0.25, 0.3) is 0 Å². The number of pyridine rings is 1.